The maximum absolute atomic E-state index is 13.1. The molecule has 0 spiro atoms. The van der Waals surface area contributed by atoms with Gasteiger partial charge in [0.2, 0.25) is 0 Å². The monoisotopic (exact) mass is 405 g/mol. The number of aromatic nitrogens is 2. The van der Waals surface area contributed by atoms with E-state index in [4.69, 9.17) is 0 Å². The first-order chi connectivity index (χ1) is 15.1. The summed E-state index contributed by atoms with van der Waals surface area (Å²) in [5.41, 5.74) is 5.29. The van der Waals surface area contributed by atoms with Gasteiger partial charge in [0, 0.05) is 41.1 Å². The molecule has 2 aromatic heterocycles. The molecule has 5 heteroatoms. The van der Waals surface area contributed by atoms with Gasteiger partial charge in [-0.3, -0.25) is 19.5 Å². The smallest absolute Gasteiger partial charge is 0.261 e. The molecule has 0 aliphatic carbocycles. The first kappa shape index (κ1) is 17.8. The van der Waals surface area contributed by atoms with Crippen LogP contribution in [0.25, 0.3) is 32.6 Å². The molecule has 1 aliphatic rings. The Bertz CT molecular complexity index is 1540. The lowest BCUT2D eigenvalue weighted by molar-refractivity contribution is 0.0643. The Hall–Kier alpha value is -3.99. The van der Waals surface area contributed by atoms with Gasteiger partial charge in [0.1, 0.15) is 0 Å². The predicted octanol–water partition coefficient (Wildman–Crippen LogP) is 4.98. The maximum atomic E-state index is 13.1. The minimum Gasteiger partial charge on any atom is -0.343 e. The zero-order chi connectivity index (χ0) is 21.3. The third-order valence-electron chi connectivity index (χ3n) is 6.51. The van der Waals surface area contributed by atoms with Crippen molar-refractivity contribution < 1.29 is 9.59 Å². The SMILES string of the molecule is Cc1c2ccncc2c(CN2C(=O)c3ccccc3C2=O)c2c3ccccc3n(C)c12. The molecular formula is C26H19N3O2. The third-order valence-corrected chi connectivity index (χ3v) is 6.51. The molecule has 2 amide bonds. The molecule has 5 aromatic rings. The van der Waals surface area contributed by atoms with Crippen LogP contribution in [-0.4, -0.2) is 26.3 Å². The summed E-state index contributed by atoms with van der Waals surface area (Å²) in [6.45, 7) is 2.33. The first-order valence-electron chi connectivity index (χ1n) is 10.3. The van der Waals surface area contributed by atoms with E-state index >= 15 is 0 Å². The summed E-state index contributed by atoms with van der Waals surface area (Å²) in [4.78, 5) is 31.9. The van der Waals surface area contributed by atoms with Gasteiger partial charge < -0.3 is 4.57 Å². The lowest BCUT2D eigenvalue weighted by atomic mass is 9.95. The molecule has 0 saturated carbocycles. The van der Waals surface area contributed by atoms with Gasteiger partial charge in [-0.2, -0.15) is 0 Å². The lowest BCUT2D eigenvalue weighted by Gasteiger charge is -2.18. The summed E-state index contributed by atoms with van der Waals surface area (Å²) in [6.07, 6.45) is 3.63. The van der Waals surface area contributed by atoms with Gasteiger partial charge in [-0.15, -0.1) is 0 Å². The van der Waals surface area contributed by atoms with Crippen molar-refractivity contribution in [2.75, 3.05) is 0 Å². The molecule has 6 rings (SSSR count). The van der Waals surface area contributed by atoms with Crippen LogP contribution in [0, 0.1) is 6.92 Å². The molecule has 0 fully saturated rings. The molecule has 31 heavy (non-hydrogen) atoms. The number of pyridine rings is 1. The highest BCUT2D eigenvalue weighted by molar-refractivity contribution is 6.22. The van der Waals surface area contributed by atoms with Gasteiger partial charge in [0.05, 0.1) is 23.2 Å². The number of carbonyl (C=O) groups is 2. The fourth-order valence-electron chi connectivity index (χ4n) is 5.07. The predicted molar refractivity (Wildman–Crippen MR) is 121 cm³/mol. The van der Waals surface area contributed by atoms with Crippen molar-refractivity contribution in [2.24, 2.45) is 7.05 Å². The molecule has 0 radical (unpaired) electrons. The van der Waals surface area contributed by atoms with Gasteiger partial charge in [-0.25, -0.2) is 0 Å². The number of fused-ring (bicyclic) bond motifs is 5. The van der Waals surface area contributed by atoms with Crippen LogP contribution in [0.4, 0.5) is 0 Å². The summed E-state index contributed by atoms with van der Waals surface area (Å²) in [5, 5.41) is 4.24. The first-order valence-corrected chi connectivity index (χ1v) is 10.3. The Labute approximate surface area is 178 Å². The molecule has 0 saturated heterocycles. The van der Waals surface area contributed by atoms with Crippen LogP contribution < -0.4 is 0 Å². The minimum absolute atomic E-state index is 0.208. The average molecular weight is 405 g/mol. The molecule has 150 valence electrons. The Morgan fingerprint density at radius 3 is 2.26 bits per heavy atom. The van der Waals surface area contributed by atoms with Crippen molar-refractivity contribution in [1.82, 2.24) is 14.5 Å². The van der Waals surface area contributed by atoms with Crippen LogP contribution in [0.2, 0.25) is 0 Å². The number of rotatable bonds is 2. The molecular weight excluding hydrogens is 386 g/mol. The summed E-state index contributed by atoms with van der Waals surface area (Å²) in [5.74, 6) is -0.488. The number of hydrogen-bond donors (Lipinski definition) is 0. The number of imide groups is 1. The zero-order valence-electron chi connectivity index (χ0n) is 17.2. The fourth-order valence-corrected chi connectivity index (χ4v) is 5.07. The number of amides is 2. The van der Waals surface area contributed by atoms with Crippen molar-refractivity contribution in [2.45, 2.75) is 13.5 Å². The molecule has 5 nitrogen and oxygen atoms in total. The second-order valence-electron chi connectivity index (χ2n) is 8.07. The van der Waals surface area contributed by atoms with E-state index in [-0.39, 0.29) is 18.4 Å². The molecule has 1 aliphatic heterocycles. The van der Waals surface area contributed by atoms with E-state index in [0.29, 0.717) is 11.1 Å². The van der Waals surface area contributed by atoms with Crippen molar-refractivity contribution >= 4 is 44.4 Å². The van der Waals surface area contributed by atoms with Gasteiger partial charge >= 0.3 is 0 Å². The average Bonchev–Trinajstić information content (AvgIpc) is 3.23. The van der Waals surface area contributed by atoms with E-state index in [1.54, 1.807) is 30.5 Å². The summed E-state index contributed by atoms with van der Waals surface area (Å²) in [7, 11) is 2.07. The molecule has 0 unspecified atom stereocenters. The number of benzene rings is 3. The topological polar surface area (TPSA) is 55.2 Å². The highest BCUT2D eigenvalue weighted by Crippen LogP contribution is 2.39. The van der Waals surface area contributed by atoms with Crippen molar-refractivity contribution in [3.63, 3.8) is 0 Å². The van der Waals surface area contributed by atoms with E-state index in [9.17, 15) is 9.59 Å². The van der Waals surface area contributed by atoms with Crippen molar-refractivity contribution in [3.05, 3.63) is 89.2 Å². The van der Waals surface area contributed by atoms with Gasteiger partial charge in [0.25, 0.3) is 11.8 Å². The van der Waals surface area contributed by atoms with Gasteiger partial charge in [-0.05, 0) is 47.7 Å². The number of para-hydroxylation sites is 1. The molecule has 3 aromatic carbocycles. The maximum Gasteiger partial charge on any atom is 0.261 e. The third kappa shape index (κ3) is 2.28. The zero-order valence-corrected chi connectivity index (χ0v) is 17.2. The van der Waals surface area contributed by atoms with E-state index < -0.39 is 0 Å². The van der Waals surface area contributed by atoms with Crippen LogP contribution in [0.15, 0.2) is 67.0 Å². The van der Waals surface area contributed by atoms with E-state index in [0.717, 1.165) is 43.7 Å². The number of hydrogen-bond acceptors (Lipinski definition) is 3. The minimum atomic E-state index is -0.244. The van der Waals surface area contributed by atoms with Crippen LogP contribution in [0.3, 0.4) is 0 Å². The Morgan fingerprint density at radius 2 is 1.52 bits per heavy atom. The Kier molecular flexibility index (Phi) is 3.60. The standard InChI is InChI=1S/C26H19N3O2/c1-15-16-11-12-27-13-20(16)21(23-19-9-5-6-10-22(19)28(2)24(15)23)14-29-25(30)17-7-3-4-8-18(17)26(29)31/h3-13H,14H2,1-2H3. The number of carbonyl (C=O) groups excluding carboxylic acids is 2. The van der Waals surface area contributed by atoms with Crippen LogP contribution in [0.5, 0.6) is 0 Å². The van der Waals surface area contributed by atoms with E-state index in [1.807, 2.05) is 24.4 Å². The largest absolute Gasteiger partial charge is 0.343 e. The van der Waals surface area contributed by atoms with Crippen LogP contribution >= 0.6 is 0 Å². The summed E-state index contributed by atoms with van der Waals surface area (Å²) < 4.78 is 2.20. The number of aryl methyl sites for hydroxylation is 2. The van der Waals surface area contributed by atoms with E-state index in [1.165, 1.54) is 4.90 Å². The molecule has 3 heterocycles. The quantitative estimate of drug-likeness (QED) is 0.389. The number of nitrogens with zero attached hydrogens (tertiary/aromatic N) is 3. The normalized spacial score (nSPS) is 13.7. The Morgan fingerprint density at radius 1 is 0.839 bits per heavy atom. The lowest BCUT2D eigenvalue weighted by Crippen LogP contribution is -2.29. The molecule has 0 N–H and O–H groups in total. The van der Waals surface area contributed by atoms with Crippen molar-refractivity contribution in [1.29, 1.82) is 0 Å². The highest BCUT2D eigenvalue weighted by Gasteiger charge is 2.36. The van der Waals surface area contributed by atoms with Gasteiger partial charge in [0.15, 0.2) is 0 Å². The molecule has 0 atom stereocenters. The summed E-state index contributed by atoms with van der Waals surface area (Å²) in [6, 6.07) is 17.3. The van der Waals surface area contributed by atoms with Gasteiger partial charge in [-0.1, -0.05) is 30.3 Å². The van der Waals surface area contributed by atoms with E-state index in [2.05, 4.69) is 35.7 Å². The summed E-state index contributed by atoms with van der Waals surface area (Å²) >= 11 is 0. The van der Waals surface area contributed by atoms with Crippen molar-refractivity contribution in [3.8, 4) is 0 Å². The van der Waals surface area contributed by atoms with Crippen LogP contribution in [0.1, 0.15) is 31.8 Å². The highest BCUT2D eigenvalue weighted by atomic mass is 16.2. The Balaban J connectivity index is 1.68. The van der Waals surface area contributed by atoms with Crippen LogP contribution in [-0.2, 0) is 13.6 Å². The molecule has 0 bridgehead atoms. The second-order valence-corrected chi connectivity index (χ2v) is 8.07. The second kappa shape index (κ2) is 6.25. The fraction of sp³-hybridized carbons (Fsp3) is 0.115.